The summed E-state index contributed by atoms with van der Waals surface area (Å²) in [4.78, 5) is 0. The van der Waals surface area contributed by atoms with Crippen molar-refractivity contribution in [2.45, 2.75) is 26.8 Å². The van der Waals surface area contributed by atoms with Gasteiger partial charge in [0.05, 0.1) is 0 Å². The smallest absolute Gasteiger partial charge is 0.214 e. The highest BCUT2D eigenvalue weighted by Gasteiger charge is 2.11. The molecule has 0 aliphatic heterocycles. The van der Waals surface area contributed by atoms with Crippen LogP contribution in [0.25, 0.3) is 11.5 Å². The first-order valence-electron chi connectivity index (χ1n) is 5.10. The summed E-state index contributed by atoms with van der Waals surface area (Å²) in [5, 5.41) is 11.1. The van der Waals surface area contributed by atoms with Crippen molar-refractivity contribution in [3.05, 3.63) is 16.5 Å². The number of nitrogens with one attached hydrogen (secondary N) is 1. The van der Waals surface area contributed by atoms with Gasteiger partial charge in [0.1, 0.15) is 5.69 Å². The van der Waals surface area contributed by atoms with Crippen LogP contribution < -0.4 is 5.84 Å². The van der Waals surface area contributed by atoms with Gasteiger partial charge in [-0.2, -0.15) is 10.2 Å². The lowest BCUT2D eigenvalue weighted by Gasteiger charge is -1.99. The summed E-state index contributed by atoms with van der Waals surface area (Å²) in [5.74, 6) is 6.30. The number of nitrogens with two attached hydrogens (primary N) is 1. The fourth-order valence-electron chi connectivity index (χ4n) is 1.54. The SMILES string of the molecule is CCCn1nc(-c2n[nH]c(=S)n2N)cc1C. The second-order valence-corrected chi connectivity index (χ2v) is 4.00. The Labute approximate surface area is 98.1 Å². The highest BCUT2D eigenvalue weighted by Crippen LogP contribution is 2.15. The Bertz CT molecular complexity index is 549. The molecule has 2 aromatic heterocycles. The van der Waals surface area contributed by atoms with Crippen LogP contribution in [-0.2, 0) is 6.54 Å². The molecule has 0 unspecified atom stereocenters. The first-order chi connectivity index (χ1) is 7.63. The van der Waals surface area contributed by atoms with E-state index in [1.54, 1.807) is 0 Å². The Kier molecular flexibility index (Phi) is 2.78. The molecule has 0 aliphatic rings. The van der Waals surface area contributed by atoms with E-state index in [0.29, 0.717) is 10.6 Å². The van der Waals surface area contributed by atoms with Crippen LogP contribution in [0.2, 0.25) is 0 Å². The van der Waals surface area contributed by atoms with Gasteiger partial charge in [-0.05, 0) is 31.6 Å². The van der Waals surface area contributed by atoms with Gasteiger partial charge in [0.25, 0.3) is 0 Å². The molecule has 86 valence electrons. The molecule has 0 amide bonds. The number of rotatable bonds is 3. The molecule has 7 heteroatoms. The first kappa shape index (κ1) is 10.9. The molecule has 2 aromatic rings. The van der Waals surface area contributed by atoms with Crippen LogP contribution in [0.5, 0.6) is 0 Å². The molecule has 0 bridgehead atoms. The van der Waals surface area contributed by atoms with E-state index >= 15 is 0 Å². The van der Waals surface area contributed by atoms with E-state index in [4.69, 9.17) is 18.1 Å². The largest absolute Gasteiger partial charge is 0.335 e. The van der Waals surface area contributed by atoms with Crippen LogP contribution in [-0.4, -0.2) is 24.7 Å². The van der Waals surface area contributed by atoms with Crippen molar-refractivity contribution in [3.63, 3.8) is 0 Å². The van der Waals surface area contributed by atoms with Gasteiger partial charge in [-0.25, -0.2) is 9.77 Å². The minimum atomic E-state index is 0.387. The maximum absolute atomic E-state index is 5.74. The molecule has 16 heavy (non-hydrogen) atoms. The quantitative estimate of drug-likeness (QED) is 0.623. The average molecular weight is 238 g/mol. The molecule has 3 N–H and O–H groups in total. The van der Waals surface area contributed by atoms with Crippen molar-refractivity contribution < 1.29 is 0 Å². The molecule has 0 aliphatic carbocycles. The van der Waals surface area contributed by atoms with Crippen molar-refractivity contribution in [1.82, 2.24) is 24.7 Å². The van der Waals surface area contributed by atoms with Crippen LogP contribution in [0.15, 0.2) is 6.07 Å². The van der Waals surface area contributed by atoms with Crippen molar-refractivity contribution >= 4 is 12.2 Å². The van der Waals surface area contributed by atoms with Crippen LogP contribution in [0.4, 0.5) is 0 Å². The third kappa shape index (κ3) is 1.73. The molecule has 6 nitrogen and oxygen atoms in total. The van der Waals surface area contributed by atoms with Crippen LogP contribution in [0, 0.1) is 11.7 Å². The summed E-state index contributed by atoms with van der Waals surface area (Å²) in [6.07, 6.45) is 1.04. The molecule has 0 atom stereocenters. The Balaban J connectivity index is 2.45. The lowest BCUT2D eigenvalue weighted by atomic mass is 10.3. The Morgan fingerprint density at radius 3 is 2.88 bits per heavy atom. The molecular weight excluding hydrogens is 224 g/mol. The summed E-state index contributed by atoms with van der Waals surface area (Å²) in [6, 6.07) is 1.95. The fourth-order valence-corrected chi connectivity index (χ4v) is 1.68. The second kappa shape index (κ2) is 4.09. The van der Waals surface area contributed by atoms with Crippen molar-refractivity contribution in [2.24, 2.45) is 0 Å². The van der Waals surface area contributed by atoms with Gasteiger partial charge in [-0.1, -0.05) is 6.92 Å². The Morgan fingerprint density at radius 1 is 1.56 bits per heavy atom. The number of aryl methyl sites for hydroxylation is 2. The van der Waals surface area contributed by atoms with Crippen molar-refractivity contribution in [3.8, 4) is 11.5 Å². The minimum absolute atomic E-state index is 0.387. The summed E-state index contributed by atoms with van der Waals surface area (Å²) in [7, 11) is 0. The van der Waals surface area contributed by atoms with Gasteiger partial charge in [0, 0.05) is 12.2 Å². The highest BCUT2D eigenvalue weighted by atomic mass is 32.1. The molecule has 0 fully saturated rings. The fraction of sp³-hybridized carbons (Fsp3) is 0.444. The zero-order chi connectivity index (χ0) is 11.7. The van der Waals surface area contributed by atoms with Gasteiger partial charge in [-0.15, -0.1) is 0 Å². The van der Waals surface area contributed by atoms with Gasteiger partial charge < -0.3 is 5.84 Å². The van der Waals surface area contributed by atoms with Gasteiger partial charge >= 0.3 is 0 Å². The van der Waals surface area contributed by atoms with E-state index in [1.165, 1.54) is 4.68 Å². The summed E-state index contributed by atoms with van der Waals surface area (Å²) in [5.41, 5.74) is 1.83. The normalized spacial score (nSPS) is 10.9. The van der Waals surface area contributed by atoms with Crippen LogP contribution in [0.3, 0.4) is 0 Å². The second-order valence-electron chi connectivity index (χ2n) is 3.62. The van der Waals surface area contributed by atoms with E-state index < -0.39 is 0 Å². The molecule has 0 saturated heterocycles. The standard InChI is InChI=1S/C9H14N6S/c1-3-4-14-6(2)5-7(13-14)8-11-12-9(16)15(8)10/h5H,3-4,10H2,1-2H3,(H,12,16). The Morgan fingerprint density at radius 2 is 2.31 bits per heavy atom. The van der Waals surface area contributed by atoms with E-state index in [9.17, 15) is 0 Å². The monoisotopic (exact) mass is 238 g/mol. The average Bonchev–Trinajstić information content (AvgIpc) is 2.75. The summed E-state index contributed by atoms with van der Waals surface area (Å²) in [6.45, 7) is 5.01. The van der Waals surface area contributed by atoms with E-state index in [0.717, 1.165) is 24.4 Å². The maximum atomic E-state index is 5.74. The maximum Gasteiger partial charge on any atom is 0.214 e. The number of nitrogens with zero attached hydrogens (tertiary/aromatic N) is 4. The van der Waals surface area contributed by atoms with Crippen molar-refractivity contribution in [2.75, 3.05) is 5.84 Å². The minimum Gasteiger partial charge on any atom is -0.335 e. The summed E-state index contributed by atoms with van der Waals surface area (Å²) < 4.78 is 3.65. The molecule has 0 spiro atoms. The van der Waals surface area contributed by atoms with Gasteiger partial charge in [0.2, 0.25) is 10.6 Å². The third-order valence-electron chi connectivity index (χ3n) is 2.35. The zero-order valence-electron chi connectivity index (χ0n) is 9.27. The molecule has 0 saturated carbocycles. The molecule has 0 radical (unpaired) electrons. The zero-order valence-corrected chi connectivity index (χ0v) is 10.1. The predicted molar refractivity (Wildman–Crippen MR) is 63.8 cm³/mol. The predicted octanol–water partition coefficient (Wildman–Crippen LogP) is 1.24. The highest BCUT2D eigenvalue weighted by molar-refractivity contribution is 7.71. The van der Waals surface area contributed by atoms with Gasteiger partial charge in [0.15, 0.2) is 0 Å². The Hall–Kier alpha value is -1.63. The summed E-state index contributed by atoms with van der Waals surface area (Å²) >= 11 is 4.95. The number of H-pyrrole nitrogens is 1. The number of hydrogen-bond acceptors (Lipinski definition) is 4. The lowest BCUT2D eigenvalue weighted by molar-refractivity contribution is 0.588. The van der Waals surface area contributed by atoms with Crippen molar-refractivity contribution in [1.29, 1.82) is 0 Å². The van der Waals surface area contributed by atoms with E-state index in [-0.39, 0.29) is 0 Å². The molecule has 0 aromatic carbocycles. The first-order valence-corrected chi connectivity index (χ1v) is 5.51. The number of nitrogen functional groups attached to an aromatic ring is 1. The third-order valence-corrected chi connectivity index (χ3v) is 2.64. The lowest BCUT2D eigenvalue weighted by Crippen LogP contribution is -2.10. The molecule has 2 heterocycles. The number of hydrogen-bond donors (Lipinski definition) is 2. The van der Waals surface area contributed by atoms with Crippen LogP contribution in [0.1, 0.15) is 19.0 Å². The van der Waals surface area contributed by atoms with Crippen LogP contribution >= 0.6 is 12.2 Å². The van der Waals surface area contributed by atoms with E-state index in [1.807, 2.05) is 17.7 Å². The number of aromatic amines is 1. The van der Waals surface area contributed by atoms with E-state index in [2.05, 4.69) is 22.2 Å². The topological polar surface area (TPSA) is 77.5 Å². The van der Waals surface area contributed by atoms with Gasteiger partial charge in [-0.3, -0.25) is 4.68 Å². The molecular formula is C9H14N6S. The molecule has 2 rings (SSSR count). The number of aromatic nitrogens is 5.